The third-order valence-corrected chi connectivity index (χ3v) is 4.62. The second kappa shape index (κ2) is 5.92. The summed E-state index contributed by atoms with van der Waals surface area (Å²) in [6.07, 6.45) is 2.66. The van der Waals surface area contributed by atoms with E-state index in [0.29, 0.717) is 5.41 Å². The van der Waals surface area contributed by atoms with Crippen molar-refractivity contribution in [3.05, 3.63) is 0 Å². The van der Waals surface area contributed by atoms with Gasteiger partial charge in [0.2, 0.25) is 0 Å². The normalized spacial score (nSPS) is 15.4. The second-order valence-electron chi connectivity index (χ2n) is 6.32. The summed E-state index contributed by atoms with van der Waals surface area (Å²) in [7, 11) is 0. The molecule has 0 aliphatic heterocycles. The highest BCUT2D eigenvalue weighted by Crippen LogP contribution is 2.45. The summed E-state index contributed by atoms with van der Waals surface area (Å²) in [6.45, 7) is 19.1. The standard InChI is InChI=1S/C15H32/c1-9-13(10-2)14(11(3)4)15(7,8)12(5)6/h11-14H,9-10H2,1-8H3. The molecule has 0 rings (SSSR count). The molecule has 0 radical (unpaired) electrons. The minimum absolute atomic E-state index is 0.463. The molecule has 0 nitrogen and oxygen atoms in total. The van der Waals surface area contributed by atoms with Crippen LogP contribution >= 0.6 is 0 Å². The van der Waals surface area contributed by atoms with Crippen molar-refractivity contribution < 1.29 is 0 Å². The molecule has 0 N–H and O–H groups in total. The first-order valence-electron chi connectivity index (χ1n) is 6.78. The zero-order chi connectivity index (χ0) is 12.2. The van der Waals surface area contributed by atoms with E-state index in [-0.39, 0.29) is 0 Å². The van der Waals surface area contributed by atoms with Crippen LogP contribution in [-0.2, 0) is 0 Å². The van der Waals surface area contributed by atoms with Gasteiger partial charge in [0, 0.05) is 0 Å². The van der Waals surface area contributed by atoms with Crippen molar-refractivity contribution in [2.45, 2.75) is 68.2 Å². The summed E-state index contributed by atoms with van der Waals surface area (Å²) < 4.78 is 0. The predicted molar refractivity (Wildman–Crippen MR) is 71.0 cm³/mol. The highest BCUT2D eigenvalue weighted by atomic mass is 14.4. The predicted octanol–water partition coefficient (Wildman–Crippen LogP) is 5.38. The zero-order valence-corrected chi connectivity index (χ0v) is 12.2. The molecule has 0 aromatic carbocycles. The van der Waals surface area contributed by atoms with Crippen LogP contribution in [0.5, 0.6) is 0 Å². The molecule has 0 spiro atoms. The Morgan fingerprint density at radius 1 is 0.867 bits per heavy atom. The van der Waals surface area contributed by atoms with Gasteiger partial charge in [0.25, 0.3) is 0 Å². The molecule has 92 valence electrons. The molecular formula is C15H32. The van der Waals surface area contributed by atoms with Crippen molar-refractivity contribution in [2.75, 3.05) is 0 Å². The van der Waals surface area contributed by atoms with Crippen LogP contribution in [0.15, 0.2) is 0 Å². The Morgan fingerprint density at radius 3 is 1.47 bits per heavy atom. The van der Waals surface area contributed by atoms with E-state index in [9.17, 15) is 0 Å². The van der Waals surface area contributed by atoms with Gasteiger partial charge in [-0.05, 0) is 29.1 Å². The summed E-state index contributed by atoms with van der Waals surface area (Å²) in [4.78, 5) is 0. The first kappa shape index (κ1) is 15.0. The van der Waals surface area contributed by atoms with Gasteiger partial charge in [-0.25, -0.2) is 0 Å². The first-order valence-corrected chi connectivity index (χ1v) is 6.78. The Kier molecular flexibility index (Phi) is 5.92. The van der Waals surface area contributed by atoms with Crippen LogP contribution < -0.4 is 0 Å². The molecule has 0 fully saturated rings. The second-order valence-corrected chi connectivity index (χ2v) is 6.32. The molecule has 0 aromatic rings. The Balaban J connectivity index is 4.95. The lowest BCUT2D eigenvalue weighted by molar-refractivity contribution is 0.0420. The van der Waals surface area contributed by atoms with Gasteiger partial charge in [0.1, 0.15) is 0 Å². The molecule has 1 unspecified atom stereocenters. The van der Waals surface area contributed by atoms with Crippen molar-refractivity contribution in [1.82, 2.24) is 0 Å². The number of hydrogen-bond acceptors (Lipinski definition) is 0. The molecule has 15 heavy (non-hydrogen) atoms. The fourth-order valence-electron chi connectivity index (χ4n) is 3.19. The minimum Gasteiger partial charge on any atom is -0.0651 e. The van der Waals surface area contributed by atoms with Gasteiger partial charge in [0.15, 0.2) is 0 Å². The lowest BCUT2D eigenvalue weighted by atomic mass is 9.60. The van der Waals surface area contributed by atoms with Crippen LogP contribution in [0.25, 0.3) is 0 Å². The number of hydrogen-bond donors (Lipinski definition) is 0. The van der Waals surface area contributed by atoms with Gasteiger partial charge in [-0.1, -0.05) is 68.2 Å². The Morgan fingerprint density at radius 2 is 1.27 bits per heavy atom. The van der Waals surface area contributed by atoms with E-state index in [2.05, 4.69) is 55.4 Å². The molecule has 0 saturated heterocycles. The van der Waals surface area contributed by atoms with E-state index in [4.69, 9.17) is 0 Å². The van der Waals surface area contributed by atoms with Crippen LogP contribution in [0, 0.1) is 29.1 Å². The van der Waals surface area contributed by atoms with E-state index in [1.165, 1.54) is 12.8 Å². The largest absolute Gasteiger partial charge is 0.0651 e. The third-order valence-electron chi connectivity index (χ3n) is 4.62. The molecule has 0 aliphatic carbocycles. The molecule has 1 atom stereocenters. The van der Waals surface area contributed by atoms with Crippen LogP contribution in [0.2, 0.25) is 0 Å². The minimum atomic E-state index is 0.463. The van der Waals surface area contributed by atoms with Gasteiger partial charge in [0.05, 0.1) is 0 Å². The summed E-state index contributed by atoms with van der Waals surface area (Å²) in [5.74, 6) is 3.31. The lowest BCUT2D eigenvalue weighted by Crippen LogP contribution is -2.38. The van der Waals surface area contributed by atoms with Crippen molar-refractivity contribution >= 4 is 0 Å². The molecule has 0 heterocycles. The average molecular weight is 212 g/mol. The zero-order valence-electron chi connectivity index (χ0n) is 12.2. The molecule has 0 aromatic heterocycles. The summed E-state index contributed by atoms with van der Waals surface area (Å²) >= 11 is 0. The summed E-state index contributed by atoms with van der Waals surface area (Å²) in [5.41, 5.74) is 0.463. The van der Waals surface area contributed by atoms with Gasteiger partial charge in [-0.2, -0.15) is 0 Å². The van der Waals surface area contributed by atoms with Crippen molar-refractivity contribution in [3.8, 4) is 0 Å². The molecule has 0 heteroatoms. The van der Waals surface area contributed by atoms with E-state index >= 15 is 0 Å². The Hall–Kier alpha value is 0. The van der Waals surface area contributed by atoms with E-state index in [0.717, 1.165) is 23.7 Å². The molecular weight excluding hydrogens is 180 g/mol. The quantitative estimate of drug-likeness (QED) is 0.554. The smallest absolute Gasteiger partial charge is 0.0298 e. The van der Waals surface area contributed by atoms with E-state index < -0.39 is 0 Å². The molecule has 0 saturated carbocycles. The summed E-state index contributed by atoms with van der Waals surface area (Å²) in [5, 5.41) is 0. The molecule has 0 amide bonds. The number of rotatable bonds is 6. The van der Waals surface area contributed by atoms with Gasteiger partial charge >= 0.3 is 0 Å². The van der Waals surface area contributed by atoms with Crippen LogP contribution in [0.4, 0.5) is 0 Å². The SMILES string of the molecule is CCC(CC)C(C(C)C)C(C)(C)C(C)C. The van der Waals surface area contributed by atoms with Crippen LogP contribution in [0.3, 0.4) is 0 Å². The van der Waals surface area contributed by atoms with Crippen LogP contribution in [0.1, 0.15) is 68.2 Å². The monoisotopic (exact) mass is 212 g/mol. The maximum atomic E-state index is 2.46. The highest BCUT2D eigenvalue weighted by Gasteiger charge is 2.38. The van der Waals surface area contributed by atoms with Crippen LogP contribution in [-0.4, -0.2) is 0 Å². The topological polar surface area (TPSA) is 0 Å². The average Bonchev–Trinajstić information content (AvgIpc) is 2.12. The van der Waals surface area contributed by atoms with Gasteiger partial charge in [-0.3, -0.25) is 0 Å². The van der Waals surface area contributed by atoms with Crippen molar-refractivity contribution in [2.24, 2.45) is 29.1 Å². The third kappa shape index (κ3) is 3.50. The molecule has 0 aliphatic rings. The van der Waals surface area contributed by atoms with E-state index in [1.54, 1.807) is 0 Å². The summed E-state index contributed by atoms with van der Waals surface area (Å²) in [6, 6.07) is 0. The van der Waals surface area contributed by atoms with Crippen molar-refractivity contribution in [1.29, 1.82) is 0 Å². The fraction of sp³-hybridized carbons (Fsp3) is 1.00. The van der Waals surface area contributed by atoms with E-state index in [1.807, 2.05) is 0 Å². The molecule has 0 bridgehead atoms. The maximum Gasteiger partial charge on any atom is -0.0298 e. The van der Waals surface area contributed by atoms with Crippen molar-refractivity contribution in [3.63, 3.8) is 0 Å². The Labute approximate surface area is 97.8 Å². The van der Waals surface area contributed by atoms with Gasteiger partial charge in [-0.15, -0.1) is 0 Å². The first-order chi connectivity index (χ1) is 6.78. The maximum absolute atomic E-state index is 2.46. The van der Waals surface area contributed by atoms with Gasteiger partial charge < -0.3 is 0 Å². The lowest BCUT2D eigenvalue weighted by Gasteiger charge is -2.45. The highest BCUT2D eigenvalue weighted by molar-refractivity contribution is 4.86. The Bertz CT molecular complexity index is 161. The fourth-order valence-corrected chi connectivity index (χ4v) is 3.19.